The first-order chi connectivity index (χ1) is 13.6. The van der Waals surface area contributed by atoms with Gasteiger partial charge in [0.25, 0.3) is 0 Å². The summed E-state index contributed by atoms with van der Waals surface area (Å²) in [6.45, 7) is 5.70. The van der Waals surface area contributed by atoms with Crippen molar-refractivity contribution in [2.45, 2.75) is 38.3 Å². The lowest BCUT2D eigenvalue weighted by atomic mass is 9.98. The van der Waals surface area contributed by atoms with Crippen LogP contribution in [0, 0.1) is 5.82 Å². The molecular weight excluding hydrogens is 355 g/mol. The second kappa shape index (κ2) is 8.31. The largest absolute Gasteiger partial charge is 0.489 e. The van der Waals surface area contributed by atoms with E-state index in [1.165, 1.54) is 11.6 Å². The van der Waals surface area contributed by atoms with Crippen molar-refractivity contribution < 1.29 is 13.9 Å². The molecule has 4 nitrogen and oxygen atoms in total. The number of hydrogen-bond acceptors (Lipinski definition) is 3. The maximum absolute atomic E-state index is 14.0. The minimum atomic E-state index is -0.168. The van der Waals surface area contributed by atoms with Crippen LogP contribution in [0.3, 0.4) is 0 Å². The van der Waals surface area contributed by atoms with Crippen molar-refractivity contribution in [2.75, 3.05) is 26.2 Å². The molecule has 2 aromatic carbocycles. The summed E-state index contributed by atoms with van der Waals surface area (Å²) >= 11 is 0. The van der Waals surface area contributed by atoms with Gasteiger partial charge in [0.05, 0.1) is 0 Å². The molecule has 28 heavy (non-hydrogen) atoms. The number of carbonyl (C=O) groups excluding carboxylic acids is 1. The Morgan fingerprint density at radius 2 is 1.93 bits per heavy atom. The van der Waals surface area contributed by atoms with Crippen molar-refractivity contribution in [3.05, 3.63) is 65.5 Å². The number of ether oxygens (including phenoxy) is 1. The lowest BCUT2D eigenvalue weighted by Crippen LogP contribution is -2.36. The highest BCUT2D eigenvalue weighted by Crippen LogP contribution is 2.29. The zero-order chi connectivity index (χ0) is 19.5. The third kappa shape index (κ3) is 4.20. The highest BCUT2D eigenvalue weighted by atomic mass is 19.1. The lowest BCUT2D eigenvalue weighted by molar-refractivity contribution is -0.130. The Hall–Kier alpha value is -2.40. The van der Waals surface area contributed by atoms with Gasteiger partial charge in [0, 0.05) is 50.6 Å². The summed E-state index contributed by atoms with van der Waals surface area (Å²) in [6.07, 6.45) is 1.41. The number of likely N-dealkylation sites (tertiary alicyclic amines) is 1. The van der Waals surface area contributed by atoms with Crippen LogP contribution in [0.1, 0.15) is 36.8 Å². The molecule has 2 aromatic rings. The standard InChI is InChI=1S/C23H27FN2O2/c1-17-14-25(15-19-6-2-5-9-22(19)28-17)12-11-23(27)26-13-10-18(16-26)20-7-3-4-8-21(20)24/h2-9,17-18H,10-16H2,1H3. The highest BCUT2D eigenvalue weighted by molar-refractivity contribution is 5.76. The number of amides is 1. The van der Waals surface area contributed by atoms with Crippen LogP contribution in [0.2, 0.25) is 0 Å². The van der Waals surface area contributed by atoms with E-state index in [0.29, 0.717) is 26.1 Å². The van der Waals surface area contributed by atoms with Gasteiger partial charge in [-0.15, -0.1) is 0 Å². The summed E-state index contributed by atoms with van der Waals surface area (Å²) in [5.41, 5.74) is 1.90. The maximum Gasteiger partial charge on any atom is 0.223 e. The van der Waals surface area contributed by atoms with E-state index in [-0.39, 0.29) is 23.7 Å². The van der Waals surface area contributed by atoms with Gasteiger partial charge in [-0.3, -0.25) is 9.69 Å². The minimum absolute atomic E-state index is 0.0935. The maximum atomic E-state index is 14.0. The molecule has 0 aromatic heterocycles. The molecule has 1 saturated heterocycles. The summed E-state index contributed by atoms with van der Waals surface area (Å²) in [6, 6.07) is 15.0. The first kappa shape index (κ1) is 18.9. The van der Waals surface area contributed by atoms with E-state index in [1.54, 1.807) is 6.07 Å². The second-order valence-corrected chi connectivity index (χ2v) is 7.87. The third-order valence-corrected chi connectivity index (χ3v) is 5.74. The molecule has 2 atom stereocenters. The summed E-state index contributed by atoms with van der Waals surface area (Å²) in [5.74, 6) is 1.03. The van der Waals surface area contributed by atoms with E-state index in [2.05, 4.69) is 17.9 Å². The number of halogens is 1. The predicted molar refractivity (Wildman–Crippen MR) is 107 cm³/mol. The van der Waals surface area contributed by atoms with Crippen LogP contribution in [0.5, 0.6) is 5.75 Å². The van der Waals surface area contributed by atoms with Crippen LogP contribution in [0.4, 0.5) is 4.39 Å². The Balaban J connectivity index is 1.33. The summed E-state index contributed by atoms with van der Waals surface area (Å²) in [5, 5.41) is 0. The molecular formula is C23H27FN2O2. The molecule has 2 aliphatic rings. The van der Waals surface area contributed by atoms with E-state index in [0.717, 1.165) is 30.8 Å². The van der Waals surface area contributed by atoms with Gasteiger partial charge in [0.15, 0.2) is 0 Å². The van der Waals surface area contributed by atoms with Gasteiger partial charge in [0.1, 0.15) is 17.7 Å². The first-order valence-electron chi connectivity index (χ1n) is 10.1. The Kier molecular flexibility index (Phi) is 5.62. The SMILES string of the molecule is CC1CN(CCC(=O)N2CCC(c3ccccc3F)C2)Cc2ccccc2O1. The number of fused-ring (bicyclic) bond motifs is 1. The monoisotopic (exact) mass is 382 g/mol. The van der Waals surface area contributed by atoms with Crippen LogP contribution in [0.25, 0.3) is 0 Å². The van der Waals surface area contributed by atoms with E-state index >= 15 is 0 Å². The van der Waals surface area contributed by atoms with Gasteiger partial charge >= 0.3 is 0 Å². The fourth-order valence-corrected chi connectivity index (χ4v) is 4.30. The Labute approximate surface area is 165 Å². The van der Waals surface area contributed by atoms with E-state index in [9.17, 15) is 9.18 Å². The van der Waals surface area contributed by atoms with Gasteiger partial charge < -0.3 is 9.64 Å². The smallest absolute Gasteiger partial charge is 0.223 e. The fraction of sp³-hybridized carbons (Fsp3) is 0.435. The zero-order valence-corrected chi connectivity index (χ0v) is 16.3. The van der Waals surface area contributed by atoms with Crippen molar-refractivity contribution in [1.82, 2.24) is 9.80 Å². The highest BCUT2D eigenvalue weighted by Gasteiger charge is 2.29. The van der Waals surface area contributed by atoms with Gasteiger partial charge in [-0.25, -0.2) is 4.39 Å². The molecule has 1 amide bonds. The molecule has 1 fully saturated rings. The van der Waals surface area contributed by atoms with E-state index in [4.69, 9.17) is 4.74 Å². The molecule has 2 aliphatic heterocycles. The Morgan fingerprint density at radius 3 is 2.79 bits per heavy atom. The second-order valence-electron chi connectivity index (χ2n) is 7.87. The molecule has 2 unspecified atom stereocenters. The molecule has 4 rings (SSSR count). The minimum Gasteiger partial charge on any atom is -0.489 e. The van der Waals surface area contributed by atoms with Crippen LogP contribution >= 0.6 is 0 Å². The van der Waals surface area contributed by atoms with Crippen LogP contribution in [-0.2, 0) is 11.3 Å². The first-order valence-corrected chi connectivity index (χ1v) is 10.1. The molecule has 2 heterocycles. The fourth-order valence-electron chi connectivity index (χ4n) is 4.30. The van der Waals surface area contributed by atoms with Crippen LogP contribution in [-0.4, -0.2) is 48.0 Å². The summed E-state index contributed by atoms with van der Waals surface area (Å²) in [7, 11) is 0. The zero-order valence-electron chi connectivity index (χ0n) is 16.3. The number of carbonyl (C=O) groups is 1. The molecule has 148 valence electrons. The predicted octanol–water partition coefficient (Wildman–Crippen LogP) is 3.81. The number of hydrogen-bond donors (Lipinski definition) is 0. The summed E-state index contributed by atoms with van der Waals surface area (Å²) in [4.78, 5) is 16.9. The number of nitrogens with zero attached hydrogens (tertiary/aromatic N) is 2. The quantitative estimate of drug-likeness (QED) is 0.806. The Morgan fingerprint density at radius 1 is 1.14 bits per heavy atom. The average Bonchev–Trinajstić information content (AvgIpc) is 3.11. The third-order valence-electron chi connectivity index (χ3n) is 5.74. The van der Waals surface area contributed by atoms with Crippen LogP contribution in [0.15, 0.2) is 48.5 Å². The number of rotatable bonds is 4. The van der Waals surface area contributed by atoms with Crippen molar-refractivity contribution >= 4 is 5.91 Å². The average molecular weight is 382 g/mol. The molecule has 0 aliphatic carbocycles. The lowest BCUT2D eigenvalue weighted by Gasteiger charge is -2.23. The molecule has 0 spiro atoms. The molecule has 0 saturated carbocycles. The van der Waals surface area contributed by atoms with Crippen molar-refractivity contribution in [2.24, 2.45) is 0 Å². The van der Waals surface area contributed by atoms with Crippen molar-refractivity contribution in [1.29, 1.82) is 0 Å². The van der Waals surface area contributed by atoms with Gasteiger partial charge in [-0.2, -0.15) is 0 Å². The van der Waals surface area contributed by atoms with Gasteiger partial charge in [0.2, 0.25) is 5.91 Å². The topological polar surface area (TPSA) is 32.8 Å². The van der Waals surface area contributed by atoms with Gasteiger partial charge in [-0.05, 0) is 31.0 Å². The van der Waals surface area contributed by atoms with E-state index in [1.807, 2.05) is 35.2 Å². The van der Waals surface area contributed by atoms with Crippen molar-refractivity contribution in [3.8, 4) is 5.75 Å². The molecule has 0 N–H and O–H groups in total. The van der Waals surface area contributed by atoms with E-state index < -0.39 is 0 Å². The normalized spacial score (nSPS) is 22.4. The summed E-state index contributed by atoms with van der Waals surface area (Å²) < 4.78 is 20.0. The Bertz CT molecular complexity index is 841. The number of benzene rings is 2. The molecule has 0 bridgehead atoms. The van der Waals surface area contributed by atoms with Gasteiger partial charge in [-0.1, -0.05) is 36.4 Å². The van der Waals surface area contributed by atoms with Crippen LogP contribution < -0.4 is 4.74 Å². The molecule has 5 heteroatoms. The van der Waals surface area contributed by atoms with Crippen molar-refractivity contribution in [3.63, 3.8) is 0 Å². The number of para-hydroxylation sites is 1. The molecule has 0 radical (unpaired) electrons.